The molecule has 0 amide bonds. The molecular weight excluding hydrogens is 391 g/mol. The summed E-state index contributed by atoms with van der Waals surface area (Å²) in [6.45, 7) is 0. The van der Waals surface area contributed by atoms with Crippen molar-refractivity contribution in [3.05, 3.63) is 59.9 Å². The summed E-state index contributed by atoms with van der Waals surface area (Å²) < 4.78 is 13.3. The zero-order valence-electron chi connectivity index (χ0n) is 15.1. The molecule has 2 heterocycles. The van der Waals surface area contributed by atoms with Gasteiger partial charge in [0, 0.05) is 10.9 Å². The number of fused-ring (bicyclic) bond motifs is 1. The largest absolute Gasteiger partial charge is 0.493 e. The van der Waals surface area contributed by atoms with Crippen molar-refractivity contribution in [1.82, 2.24) is 15.0 Å². The number of nitriles is 1. The van der Waals surface area contributed by atoms with Gasteiger partial charge >= 0.3 is 0 Å². The Bertz CT molecular complexity index is 1280. The number of benzene rings is 2. The number of hydrogen-bond donors (Lipinski definition) is 2. The minimum atomic E-state index is -0.388. The molecule has 0 spiro atoms. The Balaban J connectivity index is 1.86. The van der Waals surface area contributed by atoms with Crippen LogP contribution in [0.3, 0.4) is 0 Å². The minimum absolute atomic E-state index is 0.0656. The van der Waals surface area contributed by atoms with E-state index in [1.807, 2.05) is 12.1 Å². The van der Waals surface area contributed by atoms with E-state index in [9.17, 15) is 14.8 Å². The number of aromatic hydroxyl groups is 1. The molecule has 4 rings (SSSR count). The molecule has 2 aromatic carbocycles. The molecule has 0 aliphatic rings. The Morgan fingerprint density at radius 1 is 1.10 bits per heavy atom. The molecular formula is C20H13FN6OS. The molecule has 0 atom stereocenters. The molecule has 0 bridgehead atoms. The lowest BCUT2D eigenvalue weighted by atomic mass is 10.1. The predicted octanol–water partition coefficient (Wildman–Crippen LogP) is 5.48. The summed E-state index contributed by atoms with van der Waals surface area (Å²) in [5, 5.41) is 29.2. The number of aromatic nitrogens is 3. The maximum atomic E-state index is 13.3. The average molecular weight is 404 g/mol. The highest BCUT2D eigenvalue weighted by atomic mass is 32.2. The minimum Gasteiger partial charge on any atom is -0.493 e. The van der Waals surface area contributed by atoms with Gasteiger partial charge < -0.3 is 10.1 Å². The molecule has 0 aliphatic carbocycles. The molecule has 4 aromatic rings. The number of halogens is 1. The lowest BCUT2D eigenvalue weighted by Crippen LogP contribution is -1.96. The van der Waals surface area contributed by atoms with E-state index in [-0.39, 0.29) is 28.8 Å². The summed E-state index contributed by atoms with van der Waals surface area (Å²) in [7, 11) is 0. The molecule has 0 unspecified atom stereocenters. The first-order valence-corrected chi connectivity index (χ1v) is 9.66. The predicted molar refractivity (Wildman–Crippen MR) is 108 cm³/mol. The fourth-order valence-corrected chi connectivity index (χ4v) is 3.18. The van der Waals surface area contributed by atoms with Crippen molar-refractivity contribution < 1.29 is 9.50 Å². The van der Waals surface area contributed by atoms with Crippen LogP contribution in [-0.4, -0.2) is 26.3 Å². The molecule has 9 heteroatoms. The second-order valence-corrected chi connectivity index (χ2v) is 6.72. The third kappa shape index (κ3) is 3.53. The van der Waals surface area contributed by atoms with Gasteiger partial charge in [0.25, 0.3) is 0 Å². The normalized spacial score (nSPS) is 11.2. The highest BCUT2D eigenvalue weighted by molar-refractivity contribution is 7.98. The first kappa shape index (κ1) is 18.6. The van der Waals surface area contributed by atoms with Crippen LogP contribution < -0.4 is 0 Å². The second kappa shape index (κ2) is 7.69. The summed E-state index contributed by atoms with van der Waals surface area (Å²) in [6, 6.07) is 15.0. The Labute approximate surface area is 169 Å². The Kier molecular flexibility index (Phi) is 4.93. The maximum Gasteiger partial charge on any atom is 0.218 e. The highest BCUT2D eigenvalue weighted by Crippen LogP contribution is 2.37. The van der Waals surface area contributed by atoms with Crippen LogP contribution in [0.2, 0.25) is 0 Å². The second-order valence-electron chi connectivity index (χ2n) is 5.94. The molecule has 7 nitrogen and oxygen atoms in total. The van der Waals surface area contributed by atoms with Crippen LogP contribution in [-0.2, 0) is 0 Å². The molecule has 2 N–H and O–H groups in total. The van der Waals surface area contributed by atoms with Gasteiger partial charge in [0.15, 0.2) is 16.7 Å². The monoisotopic (exact) mass is 404 g/mol. The number of rotatable bonds is 4. The van der Waals surface area contributed by atoms with E-state index in [0.29, 0.717) is 27.3 Å². The van der Waals surface area contributed by atoms with Crippen LogP contribution in [0.4, 0.5) is 15.9 Å². The fraction of sp³-hybridized carbons (Fsp3) is 0.0500. The SMILES string of the molecule is CSc1nc(N=Nc2c(O)[nH]c3ccccc23)c(C#N)c(-c2ccc(F)cc2)n1. The van der Waals surface area contributed by atoms with Crippen LogP contribution in [0.5, 0.6) is 5.88 Å². The number of para-hydroxylation sites is 1. The van der Waals surface area contributed by atoms with Gasteiger partial charge in [0.05, 0.1) is 11.2 Å². The fourth-order valence-electron chi connectivity index (χ4n) is 2.82. The smallest absolute Gasteiger partial charge is 0.218 e. The van der Waals surface area contributed by atoms with E-state index in [0.717, 1.165) is 0 Å². The number of nitrogens with one attached hydrogen (secondary N) is 1. The molecule has 0 radical (unpaired) electrons. The summed E-state index contributed by atoms with van der Waals surface area (Å²) in [5.74, 6) is -0.455. The summed E-state index contributed by atoms with van der Waals surface area (Å²) >= 11 is 1.28. The standard InChI is InChI=1S/C20H13FN6OS/c1-29-20-24-16(11-6-8-12(21)9-7-11)14(10-22)18(25-20)27-26-17-13-4-2-3-5-15(13)23-19(17)28/h2-9,23,28H,1H3. The zero-order chi connectivity index (χ0) is 20.4. The molecule has 142 valence electrons. The van der Waals surface area contributed by atoms with Gasteiger partial charge in [0.2, 0.25) is 5.88 Å². The lowest BCUT2D eigenvalue weighted by Gasteiger charge is -2.07. The lowest BCUT2D eigenvalue weighted by molar-refractivity contribution is 0.459. The molecule has 0 saturated heterocycles. The number of H-pyrrole nitrogens is 1. The van der Waals surface area contributed by atoms with Crippen molar-refractivity contribution in [3.63, 3.8) is 0 Å². The van der Waals surface area contributed by atoms with Crippen LogP contribution in [0.25, 0.3) is 22.2 Å². The Morgan fingerprint density at radius 3 is 2.59 bits per heavy atom. The van der Waals surface area contributed by atoms with Crippen molar-refractivity contribution in [3.8, 4) is 23.2 Å². The third-order valence-electron chi connectivity index (χ3n) is 4.19. The van der Waals surface area contributed by atoms with E-state index in [4.69, 9.17) is 0 Å². The van der Waals surface area contributed by atoms with Crippen molar-refractivity contribution >= 4 is 34.2 Å². The van der Waals surface area contributed by atoms with Gasteiger partial charge in [-0.1, -0.05) is 30.0 Å². The third-order valence-corrected chi connectivity index (χ3v) is 4.73. The van der Waals surface area contributed by atoms with Crippen molar-refractivity contribution in [2.24, 2.45) is 10.2 Å². The Morgan fingerprint density at radius 2 is 1.86 bits per heavy atom. The average Bonchev–Trinajstić information content (AvgIpc) is 3.07. The van der Waals surface area contributed by atoms with E-state index >= 15 is 0 Å². The summed E-state index contributed by atoms with van der Waals surface area (Å²) in [6.07, 6.45) is 1.79. The number of nitrogens with zero attached hydrogens (tertiary/aromatic N) is 5. The van der Waals surface area contributed by atoms with Gasteiger partial charge in [-0.05, 0) is 36.6 Å². The van der Waals surface area contributed by atoms with Crippen LogP contribution in [0, 0.1) is 17.1 Å². The van der Waals surface area contributed by atoms with Crippen LogP contribution in [0.1, 0.15) is 5.56 Å². The van der Waals surface area contributed by atoms with Crippen molar-refractivity contribution in [1.29, 1.82) is 5.26 Å². The topological polar surface area (TPSA) is 110 Å². The molecule has 0 aliphatic heterocycles. The van der Waals surface area contributed by atoms with Crippen LogP contribution in [0.15, 0.2) is 63.9 Å². The van der Waals surface area contributed by atoms with Gasteiger partial charge in [-0.15, -0.1) is 10.2 Å². The van der Waals surface area contributed by atoms with E-state index in [2.05, 4.69) is 31.2 Å². The van der Waals surface area contributed by atoms with Crippen molar-refractivity contribution in [2.75, 3.05) is 6.26 Å². The van der Waals surface area contributed by atoms with E-state index in [1.165, 1.54) is 36.0 Å². The number of thioether (sulfide) groups is 1. The van der Waals surface area contributed by atoms with Gasteiger partial charge in [0.1, 0.15) is 17.4 Å². The van der Waals surface area contributed by atoms with Gasteiger partial charge in [-0.2, -0.15) is 10.2 Å². The van der Waals surface area contributed by atoms with E-state index in [1.54, 1.807) is 18.4 Å². The molecule has 0 fully saturated rings. The van der Waals surface area contributed by atoms with Crippen LogP contribution >= 0.6 is 11.8 Å². The summed E-state index contributed by atoms with van der Waals surface area (Å²) in [4.78, 5) is 11.5. The number of hydrogen-bond acceptors (Lipinski definition) is 7. The molecule has 2 aromatic heterocycles. The van der Waals surface area contributed by atoms with Gasteiger partial charge in [-0.3, -0.25) is 0 Å². The first-order chi connectivity index (χ1) is 14.1. The number of aromatic amines is 1. The molecule has 29 heavy (non-hydrogen) atoms. The van der Waals surface area contributed by atoms with Gasteiger partial charge in [-0.25, -0.2) is 9.37 Å². The van der Waals surface area contributed by atoms with E-state index < -0.39 is 0 Å². The first-order valence-electron chi connectivity index (χ1n) is 8.44. The number of azo groups is 1. The quantitative estimate of drug-likeness (QED) is 0.266. The van der Waals surface area contributed by atoms with Crippen molar-refractivity contribution in [2.45, 2.75) is 5.16 Å². The molecule has 0 saturated carbocycles. The summed E-state index contributed by atoms with van der Waals surface area (Å²) in [5.41, 5.74) is 1.96. The Hall–Kier alpha value is -3.77. The zero-order valence-corrected chi connectivity index (χ0v) is 15.9. The maximum absolute atomic E-state index is 13.3. The highest BCUT2D eigenvalue weighted by Gasteiger charge is 2.17.